The van der Waals surface area contributed by atoms with Crippen LogP contribution in [0.1, 0.15) is 16.8 Å². The van der Waals surface area contributed by atoms with E-state index in [0.29, 0.717) is 20.7 Å². The van der Waals surface area contributed by atoms with E-state index < -0.39 is 0 Å². The second kappa shape index (κ2) is 7.91. The number of carbonyl (C=O) groups is 2. The van der Waals surface area contributed by atoms with E-state index in [1.807, 2.05) is 18.2 Å². The van der Waals surface area contributed by atoms with Gasteiger partial charge in [-0.25, -0.2) is 0 Å². The molecule has 0 saturated heterocycles. The van der Waals surface area contributed by atoms with Crippen LogP contribution in [0.3, 0.4) is 0 Å². The zero-order chi connectivity index (χ0) is 17.6. The second-order valence-electron chi connectivity index (χ2n) is 4.96. The van der Waals surface area contributed by atoms with Gasteiger partial charge in [0.2, 0.25) is 11.0 Å². The lowest BCUT2D eigenvalue weighted by Crippen LogP contribution is -2.27. The number of hydrogen-bond donors (Lipinski definition) is 2. The van der Waals surface area contributed by atoms with E-state index in [4.69, 9.17) is 16.0 Å². The van der Waals surface area contributed by atoms with Gasteiger partial charge in [0.05, 0.1) is 16.8 Å². The summed E-state index contributed by atoms with van der Waals surface area (Å²) in [6.45, 7) is 0.200. The van der Waals surface area contributed by atoms with Crippen molar-refractivity contribution in [2.75, 3.05) is 11.9 Å². The van der Waals surface area contributed by atoms with Gasteiger partial charge in [-0.1, -0.05) is 41.1 Å². The number of hydrogen-bond acceptors (Lipinski definition) is 6. The lowest BCUT2D eigenvalue weighted by molar-refractivity contribution is -0.116. The van der Waals surface area contributed by atoms with Crippen LogP contribution in [0, 0.1) is 0 Å². The Labute approximate surface area is 152 Å². The number of amides is 2. The van der Waals surface area contributed by atoms with Crippen LogP contribution in [-0.4, -0.2) is 28.6 Å². The molecular weight excluding hydrogens is 364 g/mol. The molecule has 9 heteroatoms. The average Bonchev–Trinajstić information content (AvgIpc) is 3.27. The van der Waals surface area contributed by atoms with Crippen LogP contribution in [0.4, 0.5) is 5.13 Å². The predicted molar refractivity (Wildman–Crippen MR) is 94.6 cm³/mol. The van der Waals surface area contributed by atoms with Crippen molar-refractivity contribution in [3.63, 3.8) is 0 Å². The Kier molecular flexibility index (Phi) is 5.42. The molecular formula is C16H13ClN4O3S. The molecule has 1 aromatic carbocycles. The molecule has 0 spiro atoms. The number of rotatable bonds is 6. The molecule has 128 valence electrons. The van der Waals surface area contributed by atoms with Crippen LogP contribution in [0.5, 0.6) is 0 Å². The zero-order valence-electron chi connectivity index (χ0n) is 12.9. The summed E-state index contributed by atoms with van der Waals surface area (Å²) in [5, 5.41) is 14.8. The molecule has 3 rings (SSSR count). The summed E-state index contributed by atoms with van der Waals surface area (Å²) in [5.74, 6) is -0.562. The van der Waals surface area contributed by atoms with Crippen LogP contribution < -0.4 is 10.6 Å². The standard InChI is InChI=1S/C16H13ClN4O3S/c17-12-4-2-1-3-11(12)15-20-21-16(25-15)19-13(22)5-7-18-14(23)10-6-8-24-9-10/h1-4,6,8-9H,5,7H2,(H,18,23)(H,19,21,22). The van der Waals surface area contributed by atoms with E-state index in [1.165, 1.54) is 23.9 Å². The van der Waals surface area contributed by atoms with E-state index in [-0.39, 0.29) is 24.8 Å². The van der Waals surface area contributed by atoms with Crippen LogP contribution in [0.15, 0.2) is 47.3 Å². The Morgan fingerprint density at radius 1 is 1.20 bits per heavy atom. The first kappa shape index (κ1) is 17.1. The first-order valence-electron chi connectivity index (χ1n) is 7.32. The van der Waals surface area contributed by atoms with E-state index >= 15 is 0 Å². The fraction of sp³-hybridized carbons (Fsp3) is 0.125. The molecule has 2 amide bonds. The average molecular weight is 377 g/mol. The summed E-state index contributed by atoms with van der Waals surface area (Å²) >= 11 is 7.35. The van der Waals surface area contributed by atoms with Crippen molar-refractivity contribution in [1.29, 1.82) is 0 Å². The second-order valence-corrected chi connectivity index (χ2v) is 6.34. The van der Waals surface area contributed by atoms with Crippen molar-refractivity contribution in [3.8, 4) is 10.6 Å². The number of aromatic nitrogens is 2. The highest BCUT2D eigenvalue weighted by molar-refractivity contribution is 7.18. The van der Waals surface area contributed by atoms with Crippen LogP contribution in [0.25, 0.3) is 10.6 Å². The van der Waals surface area contributed by atoms with Gasteiger partial charge in [0.1, 0.15) is 6.26 Å². The summed E-state index contributed by atoms with van der Waals surface area (Å²) < 4.78 is 4.83. The summed E-state index contributed by atoms with van der Waals surface area (Å²) in [6.07, 6.45) is 2.87. The molecule has 3 aromatic rings. The molecule has 0 aliphatic carbocycles. The van der Waals surface area contributed by atoms with Gasteiger partial charge in [0.25, 0.3) is 5.91 Å². The Bertz CT molecular complexity index is 879. The minimum Gasteiger partial charge on any atom is -0.472 e. The zero-order valence-corrected chi connectivity index (χ0v) is 14.4. The maximum Gasteiger partial charge on any atom is 0.254 e. The third-order valence-electron chi connectivity index (χ3n) is 3.20. The molecule has 0 saturated carbocycles. The molecule has 0 atom stereocenters. The van der Waals surface area contributed by atoms with E-state index in [0.717, 1.165) is 5.56 Å². The normalized spacial score (nSPS) is 10.4. The number of halogens is 1. The maximum absolute atomic E-state index is 11.9. The van der Waals surface area contributed by atoms with Gasteiger partial charge < -0.3 is 15.1 Å². The Hall–Kier alpha value is -2.71. The van der Waals surface area contributed by atoms with Crippen molar-refractivity contribution in [2.45, 2.75) is 6.42 Å². The van der Waals surface area contributed by atoms with E-state index in [2.05, 4.69) is 20.8 Å². The van der Waals surface area contributed by atoms with E-state index in [9.17, 15) is 9.59 Å². The summed E-state index contributed by atoms with van der Waals surface area (Å²) in [6, 6.07) is 8.82. The topological polar surface area (TPSA) is 97.1 Å². The molecule has 2 aromatic heterocycles. The number of nitrogens with zero attached hydrogens (tertiary/aromatic N) is 2. The van der Waals surface area contributed by atoms with Gasteiger partial charge in [0, 0.05) is 18.5 Å². The number of nitrogens with one attached hydrogen (secondary N) is 2. The van der Waals surface area contributed by atoms with Crippen LogP contribution in [-0.2, 0) is 4.79 Å². The number of furan rings is 1. The number of carbonyl (C=O) groups excluding carboxylic acids is 2. The number of anilines is 1. The highest BCUT2D eigenvalue weighted by atomic mass is 35.5. The molecule has 0 unspecified atom stereocenters. The first-order chi connectivity index (χ1) is 12.1. The maximum atomic E-state index is 11.9. The molecule has 0 bridgehead atoms. The van der Waals surface area contributed by atoms with Crippen molar-refractivity contribution >= 4 is 39.9 Å². The fourth-order valence-electron chi connectivity index (χ4n) is 1.98. The number of benzene rings is 1. The Morgan fingerprint density at radius 3 is 2.80 bits per heavy atom. The van der Waals surface area contributed by atoms with Crippen LogP contribution >= 0.6 is 22.9 Å². The quantitative estimate of drug-likeness (QED) is 0.688. The van der Waals surface area contributed by atoms with Gasteiger partial charge in [-0.05, 0) is 12.1 Å². The Morgan fingerprint density at radius 2 is 2.04 bits per heavy atom. The summed E-state index contributed by atoms with van der Waals surface area (Å²) in [5.41, 5.74) is 1.17. The van der Waals surface area contributed by atoms with Crippen molar-refractivity contribution < 1.29 is 14.0 Å². The third kappa shape index (κ3) is 4.43. The van der Waals surface area contributed by atoms with Crippen molar-refractivity contribution in [3.05, 3.63) is 53.4 Å². The van der Waals surface area contributed by atoms with Gasteiger partial charge in [-0.3, -0.25) is 9.59 Å². The third-order valence-corrected chi connectivity index (χ3v) is 4.40. The van der Waals surface area contributed by atoms with Crippen LogP contribution in [0.2, 0.25) is 5.02 Å². The Balaban J connectivity index is 1.50. The minimum atomic E-state index is -0.293. The minimum absolute atomic E-state index is 0.116. The molecule has 2 heterocycles. The lowest BCUT2D eigenvalue weighted by atomic mass is 10.2. The molecule has 7 nitrogen and oxygen atoms in total. The predicted octanol–water partition coefficient (Wildman–Crippen LogP) is 3.21. The van der Waals surface area contributed by atoms with Crippen molar-refractivity contribution in [1.82, 2.24) is 15.5 Å². The lowest BCUT2D eigenvalue weighted by Gasteiger charge is -2.03. The van der Waals surface area contributed by atoms with Gasteiger partial charge in [-0.2, -0.15) is 0 Å². The SMILES string of the molecule is O=C(CCNC(=O)c1ccoc1)Nc1nnc(-c2ccccc2Cl)s1. The molecule has 0 fully saturated rings. The smallest absolute Gasteiger partial charge is 0.254 e. The fourth-order valence-corrected chi connectivity index (χ4v) is 3.06. The molecule has 0 aliphatic heterocycles. The molecule has 2 N–H and O–H groups in total. The monoisotopic (exact) mass is 376 g/mol. The van der Waals surface area contributed by atoms with Gasteiger partial charge in [0.15, 0.2) is 5.01 Å². The van der Waals surface area contributed by atoms with Gasteiger partial charge >= 0.3 is 0 Å². The molecule has 0 radical (unpaired) electrons. The molecule has 25 heavy (non-hydrogen) atoms. The first-order valence-corrected chi connectivity index (χ1v) is 8.51. The highest BCUT2D eigenvalue weighted by Gasteiger charge is 2.12. The largest absolute Gasteiger partial charge is 0.472 e. The highest BCUT2D eigenvalue weighted by Crippen LogP contribution is 2.31. The summed E-state index contributed by atoms with van der Waals surface area (Å²) in [7, 11) is 0. The van der Waals surface area contributed by atoms with Crippen molar-refractivity contribution in [2.24, 2.45) is 0 Å². The summed E-state index contributed by atoms with van der Waals surface area (Å²) in [4.78, 5) is 23.6. The van der Waals surface area contributed by atoms with E-state index in [1.54, 1.807) is 12.1 Å². The van der Waals surface area contributed by atoms with Gasteiger partial charge in [-0.15, -0.1) is 10.2 Å². The molecule has 0 aliphatic rings.